The number of nitrogen functional groups attached to an aromatic ring is 1. The van der Waals surface area contributed by atoms with Gasteiger partial charge in [0.25, 0.3) is 0 Å². The largest absolute Gasteiger partial charge is 0.497 e. The second kappa shape index (κ2) is 5.18. The Bertz CT molecular complexity index is 554. The number of hydrogen-bond donors (Lipinski definition) is 1. The minimum Gasteiger partial charge on any atom is -0.497 e. The molecule has 6 heteroatoms. The number of nitrogens with two attached hydrogens (primary N) is 1. The van der Waals surface area contributed by atoms with Crippen molar-refractivity contribution >= 4 is 17.4 Å². The molecule has 0 amide bonds. The quantitative estimate of drug-likeness (QED) is 0.922. The van der Waals surface area contributed by atoms with Gasteiger partial charge in [0.15, 0.2) is 0 Å². The van der Waals surface area contributed by atoms with Gasteiger partial charge in [-0.3, -0.25) is 0 Å². The molecule has 0 aliphatic rings. The van der Waals surface area contributed by atoms with Crippen LogP contribution in [0.3, 0.4) is 0 Å². The lowest BCUT2D eigenvalue weighted by Gasteiger charge is -2.11. The van der Waals surface area contributed by atoms with Crippen molar-refractivity contribution in [1.82, 2.24) is 9.78 Å². The van der Waals surface area contributed by atoms with Crippen LogP contribution in [0.1, 0.15) is 5.56 Å². The average molecular weight is 268 g/mol. The zero-order valence-corrected chi connectivity index (χ0v) is 10.9. The molecule has 2 aromatic rings. The van der Waals surface area contributed by atoms with E-state index < -0.39 is 0 Å². The predicted molar refractivity (Wildman–Crippen MR) is 70.3 cm³/mol. The van der Waals surface area contributed by atoms with E-state index in [0.29, 0.717) is 17.4 Å². The SMILES string of the molecule is COc1ccc(OC)c(Cn2ncc(Cl)c2N)c1. The Balaban J connectivity index is 2.35. The first-order chi connectivity index (χ1) is 8.65. The highest BCUT2D eigenvalue weighted by Gasteiger charge is 2.10. The lowest BCUT2D eigenvalue weighted by atomic mass is 10.2. The van der Waals surface area contributed by atoms with Crippen molar-refractivity contribution in [2.75, 3.05) is 20.0 Å². The molecule has 0 radical (unpaired) electrons. The average Bonchev–Trinajstić information content (AvgIpc) is 2.70. The fourth-order valence-electron chi connectivity index (χ4n) is 1.66. The molecule has 0 fully saturated rings. The van der Waals surface area contributed by atoms with Gasteiger partial charge in [0, 0.05) is 5.56 Å². The topological polar surface area (TPSA) is 62.3 Å². The fourth-order valence-corrected chi connectivity index (χ4v) is 1.81. The van der Waals surface area contributed by atoms with Crippen LogP contribution in [0, 0.1) is 0 Å². The first-order valence-corrected chi connectivity index (χ1v) is 5.71. The number of anilines is 1. The molecule has 0 saturated heterocycles. The van der Waals surface area contributed by atoms with Gasteiger partial charge in [-0.25, -0.2) is 4.68 Å². The Hall–Kier alpha value is -1.88. The third-order valence-electron chi connectivity index (χ3n) is 2.64. The van der Waals surface area contributed by atoms with Crippen LogP contribution in [0.25, 0.3) is 0 Å². The Morgan fingerprint density at radius 3 is 2.67 bits per heavy atom. The molecule has 2 N–H and O–H groups in total. The van der Waals surface area contributed by atoms with Gasteiger partial charge in [-0.15, -0.1) is 0 Å². The molecule has 0 unspecified atom stereocenters. The van der Waals surface area contributed by atoms with Gasteiger partial charge >= 0.3 is 0 Å². The number of methoxy groups -OCH3 is 2. The molecule has 0 saturated carbocycles. The summed E-state index contributed by atoms with van der Waals surface area (Å²) in [5, 5.41) is 4.55. The number of ether oxygens (including phenoxy) is 2. The van der Waals surface area contributed by atoms with Crippen molar-refractivity contribution in [3.63, 3.8) is 0 Å². The second-order valence-corrected chi connectivity index (χ2v) is 4.12. The van der Waals surface area contributed by atoms with Crippen molar-refractivity contribution in [2.45, 2.75) is 6.54 Å². The highest BCUT2D eigenvalue weighted by Crippen LogP contribution is 2.26. The summed E-state index contributed by atoms with van der Waals surface area (Å²) in [6.07, 6.45) is 1.52. The second-order valence-electron chi connectivity index (χ2n) is 3.71. The normalized spacial score (nSPS) is 10.4. The van der Waals surface area contributed by atoms with Gasteiger partial charge < -0.3 is 15.2 Å². The molecule has 0 aliphatic carbocycles. The third-order valence-corrected chi connectivity index (χ3v) is 2.93. The van der Waals surface area contributed by atoms with E-state index in [1.165, 1.54) is 6.20 Å². The van der Waals surface area contributed by atoms with Gasteiger partial charge in [-0.1, -0.05) is 11.6 Å². The maximum absolute atomic E-state index is 5.86. The smallest absolute Gasteiger partial charge is 0.140 e. The summed E-state index contributed by atoms with van der Waals surface area (Å²) in [5.74, 6) is 1.94. The van der Waals surface area contributed by atoms with Crippen LogP contribution in [0.4, 0.5) is 5.82 Å². The Morgan fingerprint density at radius 2 is 2.11 bits per heavy atom. The summed E-state index contributed by atoms with van der Waals surface area (Å²) in [7, 11) is 3.23. The maximum Gasteiger partial charge on any atom is 0.140 e. The van der Waals surface area contributed by atoms with Gasteiger partial charge in [0.2, 0.25) is 0 Å². The van der Waals surface area contributed by atoms with E-state index >= 15 is 0 Å². The van der Waals surface area contributed by atoms with E-state index in [2.05, 4.69) is 5.10 Å². The van der Waals surface area contributed by atoms with Crippen LogP contribution in [0.2, 0.25) is 5.02 Å². The summed E-state index contributed by atoms with van der Waals surface area (Å²) < 4.78 is 12.1. The molecule has 1 aromatic carbocycles. The van der Waals surface area contributed by atoms with E-state index in [1.807, 2.05) is 18.2 Å². The van der Waals surface area contributed by atoms with Crippen molar-refractivity contribution in [3.8, 4) is 11.5 Å². The molecule has 0 aliphatic heterocycles. The van der Waals surface area contributed by atoms with E-state index in [9.17, 15) is 0 Å². The first kappa shape index (κ1) is 12.6. The maximum atomic E-state index is 5.86. The van der Waals surface area contributed by atoms with Gasteiger partial charge in [-0.05, 0) is 18.2 Å². The zero-order chi connectivity index (χ0) is 13.1. The predicted octanol–water partition coefficient (Wildman–Crippen LogP) is 2.18. The molecule has 18 heavy (non-hydrogen) atoms. The van der Waals surface area contributed by atoms with Crippen LogP contribution >= 0.6 is 11.6 Å². The highest BCUT2D eigenvalue weighted by molar-refractivity contribution is 6.32. The summed E-state index contributed by atoms with van der Waals surface area (Å²) in [4.78, 5) is 0. The van der Waals surface area contributed by atoms with Gasteiger partial charge in [0.05, 0.1) is 27.0 Å². The van der Waals surface area contributed by atoms with Crippen LogP contribution in [-0.2, 0) is 6.54 Å². The van der Waals surface area contributed by atoms with Crippen LogP contribution < -0.4 is 15.2 Å². The number of halogens is 1. The minimum atomic E-state index is 0.432. The van der Waals surface area contributed by atoms with Gasteiger partial charge in [-0.2, -0.15) is 5.10 Å². The number of aromatic nitrogens is 2. The standard InChI is InChI=1S/C12H14ClN3O2/c1-17-9-3-4-11(18-2)8(5-9)7-16-12(14)10(13)6-15-16/h3-6H,7,14H2,1-2H3. The van der Waals surface area contributed by atoms with Crippen molar-refractivity contribution in [3.05, 3.63) is 35.0 Å². The third kappa shape index (κ3) is 2.36. The summed E-state index contributed by atoms with van der Waals surface area (Å²) in [6.45, 7) is 0.471. The van der Waals surface area contributed by atoms with E-state index in [0.717, 1.165) is 17.1 Å². The number of benzene rings is 1. The van der Waals surface area contributed by atoms with Crippen LogP contribution in [-0.4, -0.2) is 24.0 Å². The monoisotopic (exact) mass is 267 g/mol. The van der Waals surface area contributed by atoms with E-state index in [1.54, 1.807) is 18.9 Å². The first-order valence-electron chi connectivity index (χ1n) is 5.33. The Labute approximate surface area is 110 Å². The Kier molecular flexibility index (Phi) is 3.62. The van der Waals surface area contributed by atoms with E-state index in [4.69, 9.17) is 26.8 Å². The minimum absolute atomic E-state index is 0.432. The van der Waals surface area contributed by atoms with Crippen molar-refractivity contribution < 1.29 is 9.47 Å². The summed E-state index contributed by atoms with van der Waals surface area (Å²) >= 11 is 5.86. The molecular formula is C12H14ClN3O2. The molecule has 2 rings (SSSR count). The molecule has 5 nitrogen and oxygen atoms in total. The van der Waals surface area contributed by atoms with Crippen LogP contribution in [0.15, 0.2) is 24.4 Å². The molecular weight excluding hydrogens is 254 g/mol. The number of hydrogen-bond acceptors (Lipinski definition) is 4. The lowest BCUT2D eigenvalue weighted by Crippen LogP contribution is -2.07. The lowest BCUT2D eigenvalue weighted by molar-refractivity contribution is 0.397. The van der Waals surface area contributed by atoms with E-state index in [-0.39, 0.29) is 0 Å². The number of nitrogens with zero attached hydrogens (tertiary/aromatic N) is 2. The zero-order valence-electron chi connectivity index (χ0n) is 10.2. The number of rotatable bonds is 4. The summed E-state index contributed by atoms with van der Waals surface area (Å²) in [6, 6.07) is 5.56. The molecule has 0 atom stereocenters. The Morgan fingerprint density at radius 1 is 1.33 bits per heavy atom. The molecule has 0 bridgehead atoms. The molecule has 1 aromatic heterocycles. The van der Waals surface area contributed by atoms with Crippen LogP contribution in [0.5, 0.6) is 11.5 Å². The molecule has 0 spiro atoms. The van der Waals surface area contributed by atoms with Gasteiger partial charge in [0.1, 0.15) is 22.3 Å². The van der Waals surface area contributed by atoms with Crippen molar-refractivity contribution in [1.29, 1.82) is 0 Å². The fraction of sp³-hybridized carbons (Fsp3) is 0.250. The summed E-state index contributed by atoms with van der Waals surface area (Å²) in [5.41, 5.74) is 6.73. The molecule has 1 heterocycles. The van der Waals surface area contributed by atoms with Crippen molar-refractivity contribution in [2.24, 2.45) is 0 Å². The molecule has 96 valence electrons. The highest BCUT2D eigenvalue weighted by atomic mass is 35.5.